The number of carbonyl (C=O) groups is 2. The van der Waals surface area contributed by atoms with Crippen molar-refractivity contribution >= 4 is 11.9 Å². The Hall–Kier alpha value is -1.31. The Morgan fingerprint density at radius 1 is 1.37 bits per heavy atom. The summed E-state index contributed by atoms with van der Waals surface area (Å²) in [5.74, 6) is -2.22. The van der Waals surface area contributed by atoms with Crippen LogP contribution in [0.25, 0.3) is 0 Å². The minimum Gasteiger partial charge on any atom is -0.480 e. The van der Waals surface area contributed by atoms with Crippen molar-refractivity contribution in [2.45, 2.75) is 25.4 Å². The largest absolute Gasteiger partial charge is 0.480 e. The Balaban J connectivity index is 2.56. The predicted octanol–water partition coefficient (Wildman–Crippen LogP) is 0.852. The number of hydrogen-bond donors (Lipinski definition) is 2. The average Bonchev–Trinajstić information content (AvgIpc) is 2.27. The molecule has 1 unspecified atom stereocenters. The van der Waals surface area contributed by atoms with E-state index < -0.39 is 31.1 Å². The zero-order valence-corrected chi connectivity index (χ0v) is 10.4. The number of piperidine rings is 1. The molecule has 5 nitrogen and oxygen atoms in total. The van der Waals surface area contributed by atoms with Crippen LogP contribution in [0.2, 0.25) is 0 Å². The fourth-order valence-electron chi connectivity index (χ4n) is 2.09. The number of nitrogens with zero attached hydrogens (tertiary/aromatic N) is 1. The van der Waals surface area contributed by atoms with Crippen LogP contribution in [0.3, 0.4) is 0 Å². The summed E-state index contributed by atoms with van der Waals surface area (Å²) in [6.07, 6.45) is -2.99. The van der Waals surface area contributed by atoms with Crippen LogP contribution in [0.15, 0.2) is 0 Å². The van der Waals surface area contributed by atoms with E-state index >= 15 is 0 Å². The van der Waals surface area contributed by atoms with Gasteiger partial charge in [-0.15, -0.1) is 0 Å². The molecule has 1 atom stereocenters. The van der Waals surface area contributed by atoms with E-state index in [1.54, 1.807) is 0 Å². The quantitative estimate of drug-likeness (QED) is 0.784. The van der Waals surface area contributed by atoms with E-state index in [-0.39, 0.29) is 12.3 Å². The first-order chi connectivity index (χ1) is 8.78. The van der Waals surface area contributed by atoms with Gasteiger partial charge in [0.05, 0.1) is 0 Å². The highest BCUT2D eigenvalue weighted by molar-refractivity contribution is 5.81. The van der Waals surface area contributed by atoms with Crippen LogP contribution >= 0.6 is 0 Å². The SMILES string of the molecule is O=C(O)CN(CC(F)(F)F)C(=O)CC1CCCNC1. The lowest BCUT2D eigenvalue weighted by molar-refractivity contribution is -0.166. The molecular weight excluding hydrogens is 265 g/mol. The van der Waals surface area contributed by atoms with Crippen LogP contribution in [0.5, 0.6) is 0 Å². The van der Waals surface area contributed by atoms with Gasteiger partial charge in [-0.1, -0.05) is 0 Å². The normalized spacial score (nSPS) is 20.1. The molecule has 1 aliphatic rings. The molecule has 110 valence electrons. The summed E-state index contributed by atoms with van der Waals surface area (Å²) in [6.45, 7) is -1.01. The van der Waals surface area contributed by atoms with Crippen molar-refractivity contribution in [3.63, 3.8) is 0 Å². The molecule has 0 aromatic rings. The highest BCUT2D eigenvalue weighted by Gasteiger charge is 2.34. The van der Waals surface area contributed by atoms with Crippen LogP contribution < -0.4 is 5.32 Å². The standard InChI is InChI=1S/C11H17F3N2O3/c12-11(13,14)7-16(6-10(18)19)9(17)4-8-2-1-3-15-5-8/h8,15H,1-7H2,(H,18,19). The second kappa shape index (κ2) is 6.74. The maximum absolute atomic E-state index is 12.3. The molecule has 1 rings (SSSR count). The molecule has 1 heterocycles. The van der Waals surface area contributed by atoms with Crippen LogP contribution in [0.1, 0.15) is 19.3 Å². The summed E-state index contributed by atoms with van der Waals surface area (Å²) in [7, 11) is 0. The summed E-state index contributed by atoms with van der Waals surface area (Å²) in [4.78, 5) is 22.6. The Morgan fingerprint density at radius 3 is 2.53 bits per heavy atom. The monoisotopic (exact) mass is 282 g/mol. The molecule has 0 aliphatic carbocycles. The summed E-state index contributed by atoms with van der Waals surface area (Å²) in [5.41, 5.74) is 0. The van der Waals surface area contributed by atoms with Gasteiger partial charge in [-0.05, 0) is 31.8 Å². The van der Waals surface area contributed by atoms with Gasteiger partial charge in [0.2, 0.25) is 5.91 Å². The lowest BCUT2D eigenvalue weighted by Crippen LogP contribution is -2.43. The Labute approximate surface area is 108 Å². The van der Waals surface area contributed by atoms with E-state index in [0.717, 1.165) is 19.4 Å². The molecule has 1 amide bonds. The molecule has 2 N–H and O–H groups in total. The fourth-order valence-corrected chi connectivity index (χ4v) is 2.09. The van der Waals surface area contributed by atoms with Crippen LogP contribution in [0.4, 0.5) is 13.2 Å². The van der Waals surface area contributed by atoms with Crippen molar-refractivity contribution in [2.24, 2.45) is 5.92 Å². The lowest BCUT2D eigenvalue weighted by atomic mass is 9.95. The minimum absolute atomic E-state index is 0.0224. The predicted molar refractivity (Wildman–Crippen MR) is 60.5 cm³/mol. The molecule has 1 fully saturated rings. The zero-order valence-electron chi connectivity index (χ0n) is 10.4. The Kier molecular flexibility index (Phi) is 5.59. The lowest BCUT2D eigenvalue weighted by Gasteiger charge is -2.27. The van der Waals surface area contributed by atoms with Gasteiger partial charge in [-0.25, -0.2) is 0 Å². The van der Waals surface area contributed by atoms with E-state index in [1.807, 2.05) is 0 Å². The van der Waals surface area contributed by atoms with Gasteiger partial charge < -0.3 is 15.3 Å². The number of amides is 1. The number of carboxylic acid groups (broad SMARTS) is 1. The molecule has 19 heavy (non-hydrogen) atoms. The summed E-state index contributed by atoms with van der Waals surface area (Å²) in [6, 6.07) is 0. The number of carboxylic acids is 1. The van der Waals surface area contributed by atoms with Gasteiger partial charge in [0.25, 0.3) is 0 Å². The molecule has 1 aliphatic heterocycles. The molecule has 0 aromatic heterocycles. The zero-order chi connectivity index (χ0) is 14.5. The average molecular weight is 282 g/mol. The molecule has 0 radical (unpaired) electrons. The van der Waals surface area contributed by atoms with Gasteiger partial charge in [0, 0.05) is 6.42 Å². The molecule has 0 saturated carbocycles. The number of aliphatic carboxylic acids is 1. The summed E-state index contributed by atoms with van der Waals surface area (Å²) < 4.78 is 36.9. The third kappa shape index (κ3) is 6.42. The van der Waals surface area contributed by atoms with E-state index in [9.17, 15) is 22.8 Å². The van der Waals surface area contributed by atoms with Crippen molar-refractivity contribution < 1.29 is 27.9 Å². The number of carbonyl (C=O) groups excluding carboxylic acids is 1. The third-order valence-electron chi connectivity index (χ3n) is 2.91. The highest BCUT2D eigenvalue weighted by atomic mass is 19.4. The first-order valence-corrected chi connectivity index (χ1v) is 6.05. The van der Waals surface area contributed by atoms with Crippen molar-refractivity contribution in [3.05, 3.63) is 0 Å². The van der Waals surface area contributed by atoms with E-state index in [0.29, 0.717) is 11.4 Å². The molecule has 8 heteroatoms. The molecule has 1 saturated heterocycles. The smallest absolute Gasteiger partial charge is 0.406 e. The number of alkyl halides is 3. The van der Waals surface area contributed by atoms with E-state index in [2.05, 4.69) is 5.32 Å². The second-order valence-electron chi connectivity index (χ2n) is 4.68. The van der Waals surface area contributed by atoms with Gasteiger partial charge in [0.15, 0.2) is 0 Å². The van der Waals surface area contributed by atoms with Crippen molar-refractivity contribution in [3.8, 4) is 0 Å². The van der Waals surface area contributed by atoms with Gasteiger partial charge in [0.1, 0.15) is 13.1 Å². The van der Waals surface area contributed by atoms with Crippen LogP contribution in [0, 0.1) is 5.92 Å². The molecule has 0 bridgehead atoms. The maximum atomic E-state index is 12.3. The third-order valence-corrected chi connectivity index (χ3v) is 2.91. The summed E-state index contributed by atoms with van der Waals surface area (Å²) in [5, 5.41) is 11.6. The van der Waals surface area contributed by atoms with Crippen LogP contribution in [-0.2, 0) is 9.59 Å². The minimum atomic E-state index is -4.59. The van der Waals surface area contributed by atoms with Gasteiger partial charge in [-0.3, -0.25) is 9.59 Å². The fraction of sp³-hybridized carbons (Fsp3) is 0.818. The molecular formula is C11H17F3N2O3. The van der Waals surface area contributed by atoms with E-state index in [1.165, 1.54) is 0 Å². The van der Waals surface area contributed by atoms with Gasteiger partial charge >= 0.3 is 12.1 Å². The number of hydrogen-bond acceptors (Lipinski definition) is 3. The molecule has 0 aromatic carbocycles. The maximum Gasteiger partial charge on any atom is 0.406 e. The summed E-state index contributed by atoms with van der Waals surface area (Å²) >= 11 is 0. The van der Waals surface area contributed by atoms with Crippen molar-refractivity contribution in [2.75, 3.05) is 26.2 Å². The molecule has 0 spiro atoms. The number of rotatable bonds is 5. The number of nitrogens with one attached hydrogen (secondary N) is 1. The van der Waals surface area contributed by atoms with E-state index in [4.69, 9.17) is 5.11 Å². The topological polar surface area (TPSA) is 69.6 Å². The van der Waals surface area contributed by atoms with Crippen LogP contribution in [-0.4, -0.2) is 54.2 Å². The highest BCUT2D eigenvalue weighted by Crippen LogP contribution is 2.20. The Bertz CT molecular complexity index is 328. The second-order valence-corrected chi connectivity index (χ2v) is 4.68. The van der Waals surface area contributed by atoms with Crippen molar-refractivity contribution in [1.82, 2.24) is 10.2 Å². The Morgan fingerprint density at radius 2 is 2.05 bits per heavy atom. The van der Waals surface area contributed by atoms with Gasteiger partial charge in [-0.2, -0.15) is 13.2 Å². The number of halogens is 3. The first kappa shape index (κ1) is 15.7. The first-order valence-electron chi connectivity index (χ1n) is 6.05. The van der Waals surface area contributed by atoms with Crippen molar-refractivity contribution in [1.29, 1.82) is 0 Å².